The van der Waals surface area contributed by atoms with Gasteiger partial charge in [-0.05, 0) is 85.2 Å². The molecule has 1 saturated heterocycles. The van der Waals surface area contributed by atoms with Gasteiger partial charge in [-0.15, -0.1) is 0 Å². The molecule has 3 heteroatoms. The van der Waals surface area contributed by atoms with Gasteiger partial charge in [0.2, 0.25) is 0 Å². The molecule has 1 fully saturated rings. The molecule has 1 atom stereocenters. The molecule has 114 valence electrons. The molecule has 1 heterocycles. The van der Waals surface area contributed by atoms with E-state index in [2.05, 4.69) is 43.1 Å². The average molecular weight is 269 g/mol. The third-order valence-corrected chi connectivity index (χ3v) is 4.18. The predicted molar refractivity (Wildman–Crippen MR) is 84.7 cm³/mol. The van der Waals surface area contributed by atoms with Crippen LogP contribution >= 0.6 is 0 Å². The van der Waals surface area contributed by atoms with E-state index in [-0.39, 0.29) is 0 Å². The van der Waals surface area contributed by atoms with Crippen molar-refractivity contribution in [3.63, 3.8) is 0 Å². The van der Waals surface area contributed by atoms with Crippen molar-refractivity contribution in [2.24, 2.45) is 5.92 Å². The van der Waals surface area contributed by atoms with Crippen molar-refractivity contribution >= 4 is 0 Å². The Morgan fingerprint density at radius 3 is 2.53 bits per heavy atom. The van der Waals surface area contributed by atoms with Crippen LogP contribution in [0.4, 0.5) is 0 Å². The molecule has 1 unspecified atom stereocenters. The number of likely N-dealkylation sites (tertiary alicyclic amines) is 1. The smallest absolute Gasteiger partial charge is 0.00391 e. The summed E-state index contributed by atoms with van der Waals surface area (Å²) >= 11 is 0. The van der Waals surface area contributed by atoms with E-state index in [9.17, 15) is 0 Å². The lowest BCUT2D eigenvalue weighted by Crippen LogP contribution is -2.38. The van der Waals surface area contributed by atoms with Crippen molar-refractivity contribution in [3.05, 3.63) is 0 Å². The Labute approximate surface area is 120 Å². The van der Waals surface area contributed by atoms with E-state index in [1.54, 1.807) is 0 Å². The van der Waals surface area contributed by atoms with Crippen LogP contribution in [0, 0.1) is 5.92 Å². The maximum atomic E-state index is 3.57. The summed E-state index contributed by atoms with van der Waals surface area (Å²) in [5.74, 6) is 0.927. The monoisotopic (exact) mass is 269 g/mol. The predicted octanol–water partition coefficient (Wildman–Crippen LogP) is 2.43. The topological polar surface area (TPSA) is 18.5 Å². The van der Waals surface area contributed by atoms with Crippen LogP contribution < -0.4 is 5.32 Å². The lowest BCUT2D eigenvalue weighted by atomic mass is 9.96. The minimum Gasteiger partial charge on any atom is -0.314 e. The molecular formula is C16H35N3. The molecule has 1 aliphatic heterocycles. The molecule has 0 aromatic carbocycles. The third-order valence-electron chi connectivity index (χ3n) is 4.18. The van der Waals surface area contributed by atoms with Gasteiger partial charge in [0.05, 0.1) is 0 Å². The Kier molecular flexibility index (Phi) is 8.67. The van der Waals surface area contributed by atoms with Crippen LogP contribution in [0.2, 0.25) is 0 Å². The molecule has 19 heavy (non-hydrogen) atoms. The molecule has 3 nitrogen and oxygen atoms in total. The minimum atomic E-state index is 0.686. The van der Waals surface area contributed by atoms with Gasteiger partial charge in [-0.2, -0.15) is 0 Å². The molecule has 0 amide bonds. The SMILES string of the molecule is CCCNC(C)CCCN1CCC(CN(C)C)CC1. The fourth-order valence-corrected chi connectivity index (χ4v) is 3.02. The summed E-state index contributed by atoms with van der Waals surface area (Å²) in [5, 5.41) is 3.57. The van der Waals surface area contributed by atoms with Gasteiger partial charge in [-0.1, -0.05) is 6.92 Å². The highest BCUT2D eigenvalue weighted by molar-refractivity contribution is 4.74. The molecule has 0 saturated carbocycles. The number of nitrogens with one attached hydrogen (secondary N) is 1. The zero-order valence-electron chi connectivity index (χ0n) is 13.6. The molecule has 0 aliphatic carbocycles. The van der Waals surface area contributed by atoms with Gasteiger partial charge in [0.15, 0.2) is 0 Å². The van der Waals surface area contributed by atoms with Gasteiger partial charge in [-0.25, -0.2) is 0 Å². The van der Waals surface area contributed by atoms with Crippen LogP contribution in [-0.4, -0.2) is 62.7 Å². The number of nitrogens with zero attached hydrogens (tertiary/aromatic N) is 2. The van der Waals surface area contributed by atoms with Crippen molar-refractivity contribution in [2.75, 3.05) is 46.8 Å². The number of piperidine rings is 1. The maximum Gasteiger partial charge on any atom is 0.00391 e. The highest BCUT2D eigenvalue weighted by Gasteiger charge is 2.19. The first-order valence-corrected chi connectivity index (χ1v) is 8.22. The summed E-state index contributed by atoms with van der Waals surface area (Å²) < 4.78 is 0. The zero-order valence-corrected chi connectivity index (χ0v) is 13.6. The Morgan fingerprint density at radius 1 is 1.26 bits per heavy atom. The Bertz CT molecular complexity index is 210. The number of rotatable bonds is 9. The van der Waals surface area contributed by atoms with Gasteiger partial charge in [0, 0.05) is 12.6 Å². The molecule has 0 aromatic rings. The molecule has 1 rings (SSSR count). The van der Waals surface area contributed by atoms with Gasteiger partial charge in [0.1, 0.15) is 0 Å². The van der Waals surface area contributed by atoms with E-state index in [0.29, 0.717) is 6.04 Å². The zero-order chi connectivity index (χ0) is 14.1. The normalized spacial score (nSPS) is 20.1. The quantitative estimate of drug-likeness (QED) is 0.693. The highest BCUT2D eigenvalue weighted by atomic mass is 15.1. The average Bonchev–Trinajstić information content (AvgIpc) is 2.38. The minimum absolute atomic E-state index is 0.686. The third kappa shape index (κ3) is 7.91. The van der Waals surface area contributed by atoms with Crippen molar-refractivity contribution in [3.8, 4) is 0 Å². The summed E-state index contributed by atoms with van der Waals surface area (Å²) in [6, 6.07) is 0.686. The molecular weight excluding hydrogens is 234 g/mol. The second kappa shape index (κ2) is 9.73. The molecule has 1 N–H and O–H groups in total. The summed E-state index contributed by atoms with van der Waals surface area (Å²) in [4.78, 5) is 5.00. The van der Waals surface area contributed by atoms with E-state index < -0.39 is 0 Å². The van der Waals surface area contributed by atoms with E-state index in [4.69, 9.17) is 0 Å². The fraction of sp³-hybridized carbons (Fsp3) is 1.00. The molecule has 0 bridgehead atoms. The first-order valence-electron chi connectivity index (χ1n) is 8.22. The summed E-state index contributed by atoms with van der Waals surface area (Å²) in [7, 11) is 4.38. The van der Waals surface area contributed by atoms with Crippen LogP contribution in [0.15, 0.2) is 0 Å². The Balaban J connectivity index is 2.03. The van der Waals surface area contributed by atoms with Crippen LogP contribution in [0.5, 0.6) is 0 Å². The molecule has 0 radical (unpaired) electrons. The number of hydrogen-bond acceptors (Lipinski definition) is 3. The molecule has 0 aromatic heterocycles. The Morgan fingerprint density at radius 2 is 1.95 bits per heavy atom. The van der Waals surface area contributed by atoms with Crippen LogP contribution in [-0.2, 0) is 0 Å². The second-order valence-corrected chi connectivity index (χ2v) is 6.54. The summed E-state index contributed by atoms with van der Waals surface area (Å²) in [6.07, 6.45) is 6.68. The van der Waals surface area contributed by atoms with Crippen LogP contribution in [0.3, 0.4) is 0 Å². The Hall–Kier alpha value is -0.120. The fourth-order valence-electron chi connectivity index (χ4n) is 3.02. The second-order valence-electron chi connectivity index (χ2n) is 6.54. The van der Waals surface area contributed by atoms with Crippen molar-refractivity contribution in [1.82, 2.24) is 15.1 Å². The van der Waals surface area contributed by atoms with Gasteiger partial charge >= 0.3 is 0 Å². The summed E-state index contributed by atoms with van der Waals surface area (Å²) in [5.41, 5.74) is 0. The maximum absolute atomic E-state index is 3.57. The first kappa shape index (κ1) is 16.9. The van der Waals surface area contributed by atoms with Crippen LogP contribution in [0.1, 0.15) is 46.0 Å². The van der Waals surface area contributed by atoms with Crippen molar-refractivity contribution in [2.45, 2.75) is 52.0 Å². The van der Waals surface area contributed by atoms with E-state index >= 15 is 0 Å². The van der Waals surface area contributed by atoms with Gasteiger partial charge in [0.25, 0.3) is 0 Å². The first-order chi connectivity index (χ1) is 9.11. The molecule has 1 aliphatic rings. The van der Waals surface area contributed by atoms with Crippen molar-refractivity contribution in [1.29, 1.82) is 0 Å². The summed E-state index contributed by atoms with van der Waals surface area (Å²) in [6.45, 7) is 10.9. The van der Waals surface area contributed by atoms with E-state index in [1.165, 1.54) is 58.3 Å². The largest absolute Gasteiger partial charge is 0.314 e. The van der Waals surface area contributed by atoms with Gasteiger partial charge in [-0.3, -0.25) is 0 Å². The molecule has 0 spiro atoms. The lowest BCUT2D eigenvalue weighted by Gasteiger charge is -2.33. The standard InChI is InChI=1S/C16H35N3/c1-5-10-17-15(2)7-6-11-19-12-8-16(9-13-19)14-18(3)4/h15-17H,5-14H2,1-4H3. The number of hydrogen-bond donors (Lipinski definition) is 1. The van der Waals surface area contributed by atoms with Crippen molar-refractivity contribution < 1.29 is 0 Å². The highest BCUT2D eigenvalue weighted by Crippen LogP contribution is 2.18. The lowest BCUT2D eigenvalue weighted by molar-refractivity contribution is 0.159. The van der Waals surface area contributed by atoms with E-state index in [1.807, 2.05) is 0 Å². The van der Waals surface area contributed by atoms with Crippen LogP contribution in [0.25, 0.3) is 0 Å². The van der Waals surface area contributed by atoms with Gasteiger partial charge < -0.3 is 15.1 Å². The van der Waals surface area contributed by atoms with E-state index in [0.717, 1.165) is 12.5 Å².